The highest BCUT2D eigenvalue weighted by atomic mass is 16.1. The van der Waals surface area contributed by atoms with E-state index in [0.717, 1.165) is 28.3 Å². The van der Waals surface area contributed by atoms with Crippen LogP contribution >= 0.6 is 0 Å². The molecule has 8 nitrogen and oxygen atoms in total. The third-order valence-corrected chi connectivity index (χ3v) is 4.41. The molecule has 0 aliphatic heterocycles. The zero-order chi connectivity index (χ0) is 19.1. The lowest BCUT2D eigenvalue weighted by Gasteiger charge is -2.12. The molecule has 1 amide bonds. The quantitative estimate of drug-likeness (QED) is 0.601. The van der Waals surface area contributed by atoms with Crippen molar-refractivity contribution in [3.05, 3.63) is 59.8 Å². The zero-order valence-corrected chi connectivity index (χ0v) is 15.3. The van der Waals surface area contributed by atoms with Crippen molar-refractivity contribution in [2.75, 3.05) is 0 Å². The van der Waals surface area contributed by atoms with Gasteiger partial charge in [-0.3, -0.25) is 9.20 Å². The summed E-state index contributed by atoms with van der Waals surface area (Å²) in [5, 5.41) is 12.4. The summed E-state index contributed by atoms with van der Waals surface area (Å²) in [4.78, 5) is 16.2. The van der Waals surface area contributed by atoms with E-state index in [1.807, 2.05) is 48.3 Å². The van der Waals surface area contributed by atoms with Gasteiger partial charge in [0.2, 0.25) is 5.82 Å². The molecule has 0 aromatic carbocycles. The minimum atomic E-state index is -0.627. The molecule has 136 valence electrons. The second-order valence-electron chi connectivity index (χ2n) is 6.69. The molecule has 4 heterocycles. The van der Waals surface area contributed by atoms with Crippen LogP contribution in [0.2, 0.25) is 0 Å². The fourth-order valence-electron chi connectivity index (χ4n) is 3.09. The normalized spacial score (nSPS) is 11.4. The summed E-state index contributed by atoms with van der Waals surface area (Å²) in [5.41, 5.74) is 9.74. The van der Waals surface area contributed by atoms with Crippen molar-refractivity contribution in [3.63, 3.8) is 0 Å². The van der Waals surface area contributed by atoms with E-state index >= 15 is 0 Å². The molecule has 0 unspecified atom stereocenters. The Bertz CT molecular complexity index is 1160. The van der Waals surface area contributed by atoms with Crippen molar-refractivity contribution in [2.45, 2.75) is 26.7 Å². The van der Waals surface area contributed by atoms with Gasteiger partial charge in [-0.25, -0.2) is 9.67 Å². The first-order valence-corrected chi connectivity index (χ1v) is 8.62. The van der Waals surface area contributed by atoms with Crippen LogP contribution < -0.4 is 5.73 Å². The maximum Gasteiger partial charge on any atom is 0.287 e. The number of fused-ring (bicyclic) bond motifs is 1. The van der Waals surface area contributed by atoms with Gasteiger partial charge in [0.25, 0.3) is 5.91 Å². The summed E-state index contributed by atoms with van der Waals surface area (Å²) in [6, 6.07) is 9.55. The highest BCUT2D eigenvalue weighted by Gasteiger charge is 2.19. The molecule has 0 fully saturated rings. The molecule has 27 heavy (non-hydrogen) atoms. The third kappa shape index (κ3) is 2.84. The van der Waals surface area contributed by atoms with E-state index in [-0.39, 0.29) is 11.7 Å². The van der Waals surface area contributed by atoms with Crippen molar-refractivity contribution in [3.8, 4) is 17.1 Å². The van der Waals surface area contributed by atoms with E-state index in [2.05, 4.69) is 34.1 Å². The molecule has 0 saturated carbocycles. The summed E-state index contributed by atoms with van der Waals surface area (Å²) in [7, 11) is 0. The number of amides is 1. The van der Waals surface area contributed by atoms with Gasteiger partial charge in [0.1, 0.15) is 0 Å². The highest BCUT2D eigenvalue weighted by Crippen LogP contribution is 2.31. The number of aryl methyl sites for hydroxylation is 1. The largest absolute Gasteiger partial charge is 0.363 e. The Balaban J connectivity index is 1.97. The third-order valence-electron chi connectivity index (χ3n) is 4.41. The van der Waals surface area contributed by atoms with Crippen molar-refractivity contribution in [1.82, 2.24) is 29.4 Å². The highest BCUT2D eigenvalue weighted by molar-refractivity contribution is 5.90. The number of aromatic nitrogens is 6. The van der Waals surface area contributed by atoms with Crippen LogP contribution in [0.1, 0.15) is 41.6 Å². The Kier molecular flexibility index (Phi) is 3.95. The monoisotopic (exact) mass is 361 g/mol. The maximum atomic E-state index is 11.6. The lowest BCUT2D eigenvalue weighted by molar-refractivity contribution is 0.0989. The van der Waals surface area contributed by atoms with E-state index in [0.29, 0.717) is 5.65 Å². The van der Waals surface area contributed by atoms with Crippen molar-refractivity contribution < 1.29 is 4.79 Å². The number of nitrogens with two attached hydrogens (primary N) is 1. The van der Waals surface area contributed by atoms with Crippen LogP contribution in [0.15, 0.2) is 42.7 Å². The average molecular weight is 361 g/mol. The Morgan fingerprint density at radius 3 is 2.67 bits per heavy atom. The van der Waals surface area contributed by atoms with Gasteiger partial charge in [-0.15, -0.1) is 10.2 Å². The molecule has 4 aromatic rings. The molecule has 0 aliphatic rings. The molecule has 0 radical (unpaired) electrons. The van der Waals surface area contributed by atoms with Gasteiger partial charge in [-0.1, -0.05) is 19.9 Å². The van der Waals surface area contributed by atoms with Gasteiger partial charge < -0.3 is 5.73 Å². The van der Waals surface area contributed by atoms with Crippen LogP contribution in [0.25, 0.3) is 22.7 Å². The Labute approximate surface area is 155 Å². The average Bonchev–Trinajstić information content (AvgIpc) is 3.25. The predicted molar refractivity (Wildman–Crippen MR) is 101 cm³/mol. The topological polar surface area (TPSA) is 104 Å². The van der Waals surface area contributed by atoms with Crippen molar-refractivity contribution >= 4 is 11.6 Å². The number of hydrogen-bond acceptors (Lipinski definition) is 5. The van der Waals surface area contributed by atoms with E-state index < -0.39 is 5.91 Å². The first-order chi connectivity index (χ1) is 13.0. The molecule has 0 spiro atoms. The predicted octanol–water partition coefficient (Wildman–Crippen LogP) is 2.51. The lowest BCUT2D eigenvalue weighted by atomic mass is 10.0. The number of carbonyl (C=O) groups is 1. The Morgan fingerprint density at radius 1 is 1.15 bits per heavy atom. The van der Waals surface area contributed by atoms with Gasteiger partial charge in [0, 0.05) is 23.0 Å². The molecular formula is C19H19N7O. The van der Waals surface area contributed by atoms with Crippen LogP contribution in [0, 0.1) is 6.92 Å². The number of pyridine rings is 2. The lowest BCUT2D eigenvalue weighted by Crippen LogP contribution is -2.15. The summed E-state index contributed by atoms with van der Waals surface area (Å²) in [5.74, 6) is 0.456. The molecule has 0 atom stereocenters. The van der Waals surface area contributed by atoms with E-state index in [1.165, 1.54) is 0 Å². The number of hydrogen-bond donors (Lipinski definition) is 1. The van der Waals surface area contributed by atoms with Crippen LogP contribution in [0.5, 0.6) is 0 Å². The summed E-state index contributed by atoms with van der Waals surface area (Å²) in [6.07, 6.45) is 3.67. The molecule has 0 bridgehead atoms. The standard InChI is InChI=1S/C19H19N7O/c1-11(2)14-9-21-26(15-6-4-5-12(3)22-15)17(14)13-7-8-16-23-24-19(18(20)27)25(16)10-13/h4-11H,1-3H3,(H2,20,27). The fourth-order valence-corrected chi connectivity index (χ4v) is 3.09. The molecular weight excluding hydrogens is 342 g/mol. The number of carbonyl (C=O) groups excluding carboxylic acids is 1. The van der Waals surface area contributed by atoms with E-state index in [9.17, 15) is 4.79 Å². The fraction of sp³-hybridized carbons (Fsp3) is 0.211. The van der Waals surface area contributed by atoms with Gasteiger partial charge in [-0.05, 0) is 37.1 Å². The van der Waals surface area contributed by atoms with Crippen LogP contribution in [0.4, 0.5) is 0 Å². The Hall–Kier alpha value is -3.55. The number of rotatable bonds is 4. The zero-order valence-electron chi connectivity index (χ0n) is 15.3. The second kappa shape index (κ2) is 6.31. The maximum absolute atomic E-state index is 11.6. The molecule has 8 heteroatoms. The van der Waals surface area contributed by atoms with Gasteiger partial charge in [0.05, 0.1) is 11.9 Å². The number of primary amides is 1. The SMILES string of the molecule is Cc1cccc(-n2ncc(C(C)C)c2-c2ccc3nnc(C(N)=O)n3c2)n1. The summed E-state index contributed by atoms with van der Waals surface area (Å²) >= 11 is 0. The minimum absolute atomic E-state index is 0.0951. The van der Waals surface area contributed by atoms with Crippen molar-refractivity contribution in [2.24, 2.45) is 5.73 Å². The minimum Gasteiger partial charge on any atom is -0.363 e. The van der Waals surface area contributed by atoms with Crippen LogP contribution in [0.3, 0.4) is 0 Å². The molecule has 0 saturated heterocycles. The first kappa shape index (κ1) is 16.9. The Morgan fingerprint density at radius 2 is 1.96 bits per heavy atom. The van der Waals surface area contributed by atoms with E-state index in [4.69, 9.17) is 5.73 Å². The first-order valence-electron chi connectivity index (χ1n) is 8.62. The molecule has 0 aliphatic carbocycles. The van der Waals surface area contributed by atoms with Gasteiger partial charge >= 0.3 is 0 Å². The molecule has 2 N–H and O–H groups in total. The van der Waals surface area contributed by atoms with Crippen molar-refractivity contribution in [1.29, 1.82) is 0 Å². The molecule has 4 aromatic heterocycles. The van der Waals surface area contributed by atoms with Crippen LogP contribution in [-0.4, -0.2) is 35.3 Å². The van der Waals surface area contributed by atoms with Gasteiger partial charge in [-0.2, -0.15) is 5.10 Å². The second-order valence-corrected chi connectivity index (χ2v) is 6.69. The number of nitrogens with zero attached hydrogens (tertiary/aromatic N) is 6. The van der Waals surface area contributed by atoms with Gasteiger partial charge in [0.15, 0.2) is 11.5 Å². The van der Waals surface area contributed by atoms with Crippen LogP contribution in [-0.2, 0) is 0 Å². The summed E-state index contributed by atoms with van der Waals surface area (Å²) < 4.78 is 3.42. The molecule has 4 rings (SSSR count). The summed E-state index contributed by atoms with van der Waals surface area (Å²) in [6.45, 7) is 6.17. The van der Waals surface area contributed by atoms with E-state index in [1.54, 1.807) is 10.5 Å². The smallest absolute Gasteiger partial charge is 0.287 e.